The second kappa shape index (κ2) is 16.5. The summed E-state index contributed by atoms with van der Waals surface area (Å²) in [6.45, 7) is 11.6. The third-order valence-electron chi connectivity index (χ3n) is 2.69. The van der Waals surface area contributed by atoms with Crippen LogP contribution in [0.1, 0.15) is 40.5 Å². The van der Waals surface area contributed by atoms with E-state index in [0.29, 0.717) is 42.5 Å². The Morgan fingerprint density at radius 2 is 1.57 bits per heavy atom. The summed E-state index contributed by atoms with van der Waals surface area (Å²) in [6.07, 6.45) is 2.01. The fourth-order valence-corrected chi connectivity index (χ4v) is 1.66. The highest BCUT2D eigenvalue weighted by atomic mass is 32.1. The quantitative estimate of drug-likeness (QED) is 0.324. The molecular formula is C15H33NO3S2. The van der Waals surface area contributed by atoms with E-state index in [1.165, 1.54) is 0 Å². The molecule has 0 aliphatic carbocycles. The van der Waals surface area contributed by atoms with Gasteiger partial charge in [0.15, 0.2) is 0 Å². The normalized spacial score (nSPS) is 10.5. The standard InChI is InChI=1S/C10H21NO2S2.C5H12O/c1-9(2)3-7-13-8-5-11(4-6-12)10(14)15;1-5(2)3-4-6/h9,12H,3-8H2,1-2H3,(H,14,15);5-6H,3-4H2,1-2H3. The second-order valence-electron chi connectivity index (χ2n) is 5.69. The van der Waals surface area contributed by atoms with Gasteiger partial charge in [-0.05, 0) is 24.7 Å². The lowest BCUT2D eigenvalue weighted by Crippen LogP contribution is -2.32. The van der Waals surface area contributed by atoms with Crippen LogP contribution in [0.2, 0.25) is 0 Å². The van der Waals surface area contributed by atoms with Crippen LogP contribution in [0.4, 0.5) is 0 Å². The van der Waals surface area contributed by atoms with Crippen LogP contribution < -0.4 is 0 Å². The minimum Gasteiger partial charge on any atom is -0.396 e. The SMILES string of the molecule is CC(C)CCO.CC(C)CCOCCN(CCO)C(=S)S. The average molecular weight is 340 g/mol. The van der Waals surface area contributed by atoms with Gasteiger partial charge >= 0.3 is 0 Å². The van der Waals surface area contributed by atoms with Crippen molar-refractivity contribution in [2.24, 2.45) is 11.8 Å². The lowest BCUT2D eigenvalue weighted by molar-refractivity contribution is 0.109. The Morgan fingerprint density at radius 3 is 1.90 bits per heavy atom. The van der Waals surface area contributed by atoms with Gasteiger partial charge in [-0.15, -0.1) is 12.6 Å². The maximum Gasteiger partial charge on any atom is 0.133 e. The Balaban J connectivity index is 0. The maximum atomic E-state index is 8.78. The van der Waals surface area contributed by atoms with Crippen molar-refractivity contribution in [2.45, 2.75) is 40.5 Å². The van der Waals surface area contributed by atoms with Crippen molar-refractivity contribution in [3.63, 3.8) is 0 Å². The molecule has 21 heavy (non-hydrogen) atoms. The Labute approximate surface area is 141 Å². The summed E-state index contributed by atoms with van der Waals surface area (Å²) in [5, 5.41) is 17.0. The summed E-state index contributed by atoms with van der Waals surface area (Å²) in [6, 6.07) is 0. The van der Waals surface area contributed by atoms with Gasteiger partial charge in [0.1, 0.15) is 4.32 Å². The lowest BCUT2D eigenvalue weighted by Gasteiger charge is -2.21. The molecule has 0 aliphatic heterocycles. The minimum absolute atomic E-state index is 0.0900. The van der Waals surface area contributed by atoms with Crippen LogP contribution in [0.15, 0.2) is 0 Å². The van der Waals surface area contributed by atoms with Crippen LogP contribution in [0, 0.1) is 11.8 Å². The van der Waals surface area contributed by atoms with Crippen molar-refractivity contribution >= 4 is 29.2 Å². The summed E-state index contributed by atoms with van der Waals surface area (Å²) >= 11 is 9.00. The van der Waals surface area contributed by atoms with E-state index in [4.69, 9.17) is 27.2 Å². The predicted octanol–water partition coefficient (Wildman–Crippen LogP) is 2.58. The number of aliphatic hydroxyl groups excluding tert-OH is 2. The van der Waals surface area contributed by atoms with Gasteiger partial charge in [-0.1, -0.05) is 39.9 Å². The van der Waals surface area contributed by atoms with E-state index in [1.807, 2.05) is 4.90 Å². The first kappa shape index (κ1) is 23.4. The second-order valence-corrected chi connectivity index (χ2v) is 6.81. The number of hydrogen-bond donors (Lipinski definition) is 3. The van der Waals surface area contributed by atoms with Crippen LogP contribution in [0.25, 0.3) is 0 Å². The van der Waals surface area contributed by atoms with E-state index in [1.54, 1.807) is 0 Å². The molecule has 0 aliphatic rings. The first-order chi connectivity index (χ1) is 9.84. The molecule has 0 bridgehead atoms. The number of thiol groups is 1. The molecule has 0 aromatic carbocycles. The fourth-order valence-electron chi connectivity index (χ4n) is 1.28. The molecule has 0 atom stereocenters. The number of hydrogen-bond acceptors (Lipinski definition) is 4. The van der Waals surface area contributed by atoms with Gasteiger partial charge in [-0.3, -0.25) is 0 Å². The topological polar surface area (TPSA) is 52.9 Å². The van der Waals surface area contributed by atoms with Gasteiger partial charge < -0.3 is 19.8 Å². The Hall–Kier alpha value is 0.120. The third kappa shape index (κ3) is 20.1. The summed E-state index contributed by atoms with van der Waals surface area (Å²) < 4.78 is 5.97. The third-order valence-corrected chi connectivity index (χ3v) is 3.23. The summed E-state index contributed by atoms with van der Waals surface area (Å²) in [7, 11) is 0. The molecule has 0 aromatic rings. The Kier molecular flexibility index (Phi) is 18.4. The molecule has 4 nitrogen and oxygen atoms in total. The number of thiocarbonyl (C=S) groups is 1. The Morgan fingerprint density at radius 1 is 1.00 bits per heavy atom. The fraction of sp³-hybridized carbons (Fsp3) is 0.933. The molecule has 128 valence electrons. The van der Waals surface area contributed by atoms with Gasteiger partial charge in [0.2, 0.25) is 0 Å². The van der Waals surface area contributed by atoms with Crippen molar-refractivity contribution in [1.29, 1.82) is 0 Å². The molecule has 0 aromatic heterocycles. The van der Waals surface area contributed by atoms with Gasteiger partial charge in [-0.25, -0.2) is 0 Å². The van der Waals surface area contributed by atoms with E-state index in [2.05, 4.69) is 40.3 Å². The number of aliphatic hydroxyl groups is 2. The monoisotopic (exact) mass is 339 g/mol. The van der Waals surface area contributed by atoms with Crippen molar-refractivity contribution in [3.05, 3.63) is 0 Å². The first-order valence-corrected chi connectivity index (χ1v) is 8.47. The van der Waals surface area contributed by atoms with Crippen LogP contribution in [0.5, 0.6) is 0 Å². The molecule has 6 heteroatoms. The predicted molar refractivity (Wildman–Crippen MR) is 97.1 cm³/mol. The molecule has 0 amide bonds. The zero-order valence-corrected chi connectivity index (χ0v) is 15.6. The zero-order valence-electron chi connectivity index (χ0n) is 13.9. The largest absolute Gasteiger partial charge is 0.396 e. The highest BCUT2D eigenvalue weighted by Gasteiger charge is 2.04. The van der Waals surface area contributed by atoms with Gasteiger partial charge in [0, 0.05) is 26.3 Å². The van der Waals surface area contributed by atoms with E-state index in [0.717, 1.165) is 19.4 Å². The summed E-state index contributed by atoms with van der Waals surface area (Å²) in [5.41, 5.74) is 0. The first-order valence-electron chi connectivity index (χ1n) is 7.62. The molecular weight excluding hydrogens is 306 g/mol. The summed E-state index contributed by atoms with van der Waals surface area (Å²) in [4.78, 5) is 1.83. The summed E-state index contributed by atoms with van der Waals surface area (Å²) in [5.74, 6) is 1.32. The van der Waals surface area contributed by atoms with Crippen molar-refractivity contribution in [1.82, 2.24) is 4.90 Å². The molecule has 0 rings (SSSR count). The Bertz CT molecular complexity index is 239. The molecule has 0 heterocycles. The van der Waals surface area contributed by atoms with E-state index >= 15 is 0 Å². The molecule has 0 spiro atoms. The molecule has 0 unspecified atom stereocenters. The van der Waals surface area contributed by atoms with Crippen LogP contribution in [0.3, 0.4) is 0 Å². The smallest absolute Gasteiger partial charge is 0.133 e. The molecule has 0 radical (unpaired) electrons. The van der Waals surface area contributed by atoms with Crippen LogP contribution >= 0.6 is 24.8 Å². The number of ether oxygens (including phenoxy) is 1. The van der Waals surface area contributed by atoms with Gasteiger partial charge in [-0.2, -0.15) is 0 Å². The molecule has 0 fully saturated rings. The lowest BCUT2D eigenvalue weighted by atomic mass is 10.1. The van der Waals surface area contributed by atoms with Crippen LogP contribution in [-0.4, -0.2) is 59.0 Å². The number of rotatable bonds is 10. The zero-order chi connectivity index (χ0) is 16.7. The average Bonchev–Trinajstić information content (AvgIpc) is 2.37. The molecule has 0 saturated carbocycles. The van der Waals surface area contributed by atoms with Gasteiger partial charge in [0.05, 0.1) is 13.2 Å². The van der Waals surface area contributed by atoms with Gasteiger partial charge in [0.25, 0.3) is 0 Å². The van der Waals surface area contributed by atoms with Crippen LogP contribution in [-0.2, 0) is 4.74 Å². The van der Waals surface area contributed by atoms with E-state index in [-0.39, 0.29) is 6.61 Å². The highest BCUT2D eigenvalue weighted by molar-refractivity contribution is 8.10. The molecule has 2 N–H and O–H groups in total. The van der Waals surface area contributed by atoms with E-state index in [9.17, 15) is 0 Å². The highest BCUT2D eigenvalue weighted by Crippen LogP contribution is 2.00. The minimum atomic E-state index is 0.0900. The maximum absolute atomic E-state index is 8.78. The van der Waals surface area contributed by atoms with Crippen molar-refractivity contribution in [2.75, 3.05) is 39.5 Å². The van der Waals surface area contributed by atoms with Crippen molar-refractivity contribution in [3.8, 4) is 0 Å². The number of nitrogens with zero attached hydrogens (tertiary/aromatic N) is 1. The van der Waals surface area contributed by atoms with E-state index < -0.39 is 0 Å². The van der Waals surface area contributed by atoms with Crippen molar-refractivity contribution < 1.29 is 14.9 Å². The molecule has 0 saturated heterocycles.